The maximum absolute atomic E-state index is 12.2. The first-order chi connectivity index (χ1) is 8.72. The molecule has 1 fully saturated rings. The molecule has 1 rings (SSSR count). The van der Waals surface area contributed by atoms with Crippen molar-refractivity contribution in [3.63, 3.8) is 0 Å². The molecule has 5 heteroatoms. The number of hydrogen-bond acceptors (Lipinski definition) is 4. The molecule has 19 heavy (non-hydrogen) atoms. The standard InChI is InChI=1S/C14H25NO4/c1-14(2,3)19-13(18)10(11(15)12(16)17)9-7-5-4-6-8-9/h9-11H,4-8,15H2,1-3H3,(H,16,17)/t10-,11+/m1/s1. The van der Waals surface area contributed by atoms with Crippen molar-refractivity contribution in [2.24, 2.45) is 17.6 Å². The first kappa shape index (κ1) is 16.0. The highest BCUT2D eigenvalue weighted by Gasteiger charge is 2.40. The number of rotatable bonds is 4. The second-order valence-electron chi connectivity index (χ2n) is 6.32. The van der Waals surface area contributed by atoms with E-state index in [-0.39, 0.29) is 5.92 Å². The summed E-state index contributed by atoms with van der Waals surface area (Å²) in [4.78, 5) is 23.4. The molecule has 2 atom stereocenters. The van der Waals surface area contributed by atoms with Crippen LogP contribution in [0.3, 0.4) is 0 Å². The Morgan fingerprint density at radius 1 is 1.21 bits per heavy atom. The minimum atomic E-state index is -1.18. The van der Waals surface area contributed by atoms with E-state index >= 15 is 0 Å². The summed E-state index contributed by atoms with van der Waals surface area (Å²) in [7, 11) is 0. The summed E-state index contributed by atoms with van der Waals surface area (Å²) in [6.07, 6.45) is 4.89. The lowest BCUT2D eigenvalue weighted by atomic mass is 9.76. The van der Waals surface area contributed by atoms with E-state index in [1.165, 1.54) is 0 Å². The fraction of sp³-hybridized carbons (Fsp3) is 0.857. The van der Waals surface area contributed by atoms with Gasteiger partial charge >= 0.3 is 11.9 Å². The molecule has 1 saturated carbocycles. The predicted molar refractivity (Wildman–Crippen MR) is 71.5 cm³/mol. The van der Waals surface area contributed by atoms with Gasteiger partial charge in [0.15, 0.2) is 0 Å². The number of hydrogen-bond donors (Lipinski definition) is 2. The van der Waals surface area contributed by atoms with E-state index in [0.717, 1.165) is 32.1 Å². The summed E-state index contributed by atoms with van der Waals surface area (Å²) in [6.45, 7) is 5.32. The fourth-order valence-electron chi connectivity index (χ4n) is 2.65. The first-order valence-electron chi connectivity index (χ1n) is 6.93. The van der Waals surface area contributed by atoms with Crippen molar-refractivity contribution in [2.45, 2.75) is 64.5 Å². The van der Waals surface area contributed by atoms with Gasteiger partial charge in [-0.15, -0.1) is 0 Å². The Hall–Kier alpha value is -1.10. The van der Waals surface area contributed by atoms with Crippen molar-refractivity contribution < 1.29 is 19.4 Å². The molecule has 1 aliphatic rings. The zero-order valence-electron chi connectivity index (χ0n) is 12.0. The van der Waals surface area contributed by atoms with Crippen LogP contribution in [0, 0.1) is 11.8 Å². The number of nitrogens with two attached hydrogens (primary N) is 1. The van der Waals surface area contributed by atoms with Gasteiger partial charge in [-0.1, -0.05) is 19.3 Å². The maximum atomic E-state index is 12.2. The average Bonchev–Trinajstić information content (AvgIpc) is 2.28. The van der Waals surface area contributed by atoms with Crippen molar-refractivity contribution in [1.82, 2.24) is 0 Å². The van der Waals surface area contributed by atoms with Gasteiger partial charge in [0.05, 0.1) is 5.92 Å². The highest BCUT2D eigenvalue weighted by atomic mass is 16.6. The lowest BCUT2D eigenvalue weighted by molar-refractivity contribution is -0.167. The molecule has 0 unspecified atom stereocenters. The number of ether oxygens (including phenoxy) is 1. The molecule has 0 bridgehead atoms. The van der Waals surface area contributed by atoms with Crippen molar-refractivity contribution in [2.75, 3.05) is 0 Å². The fourth-order valence-corrected chi connectivity index (χ4v) is 2.65. The molecule has 5 nitrogen and oxygen atoms in total. The molecule has 0 aromatic heterocycles. The van der Waals surface area contributed by atoms with Crippen molar-refractivity contribution in [1.29, 1.82) is 0 Å². The molecular weight excluding hydrogens is 246 g/mol. The third kappa shape index (κ3) is 4.82. The van der Waals surface area contributed by atoms with E-state index in [9.17, 15) is 9.59 Å². The number of carbonyl (C=O) groups is 2. The molecule has 3 N–H and O–H groups in total. The van der Waals surface area contributed by atoms with Crippen LogP contribution in [0.15, 0.2) is 0 Å². The average molecular weight is 271 g/mol. The molecule has 0 heterocycles. The molecule has 0 spiro atoms. The molecule has 110 valence electrons. The van der Waals surface area contributed by atoms with Crippen molar-refractivity contribution >= 4 is 11.9 Å². The largest absolute Gasteiger partial charge is 0.480 e. The smallest absolute Gasteiger partial charge is 0.321 e. The van der Waals surface area contributed by atoms with Crippen molar-refractivity contribution in [3.05, 3.63) is 0 Å². The zero-order chi connectivity index (χ0) is 14.6. The number of carboxylic acids is 1. The van der Waals surface area contributed by atoms with Gasteiger partial charge in [0.25, 0.3) is 0 Å². The van der Waals surface area contributed by atoms with Crippen LogP contribution in [-0.4, -0.2) is 28.7 Å². The molecular formula is C14H25NO4. The zero-order valence-corrected chi connectivity index (χ0v) is 12.0. The van der Waals surface area contributed by atoms with Crippen LogP contribution >= 0.6 is 0 Å². The van der Waals surface area contributed by atoms with Crippen LogP contribution in [0.2, 0.25) is 0 Å². The van der Waals surface area contributed by atoms with Crippen molar-refractivity contribution in [3.8, 4) is 0 Å². The van der Waals surface area contributed by atoms with Gasteiger partial charge in [-0.2, -0.15) is 0 Å². The van der Waals surface area contributed by atoms with E-state index in [4.69, 9.17) is 15.6 Å². The van der Waals surface area contributed by atoms with Gasteiger partial charge in [0.2, 0.25) is 0 Å². The van der Waals surface area contributed by atoms with E-state index < -0.39 is 29.5 Å². The lowest BCUT2D eigenvalue weighted by Gasteiger charge is -2.33. The second kappa shape index (κ2) is 6.37. The number of carbonyl (C=O) groups excluding carboxylic acids is 1. The maximum Gasteiger partial charge on any atom is 0.321 e. The van der Waals surface area contributed by atoms with E-state index in [0.29, 0.717) is 0 Å². The molecule has 0 radical (unpaired) electrons. The molecule has 1 aliphatic carbocycles. The summed E-state index contributed by atoms with van der Waals surface area (Å²) >= 11 is 0. The minimum Gasteiger partial charge on any atom is -0.480 e. The molecule has 0 aromatic carbocycles. The highest BCUT2D eigenvalue weighted by molar-refractivity contribution is 5.83. The van der Waals surface area contributed by atoms with Crippen LogP contribution in [-0.2, 0) is 14.3 Å². The van der Waals surface area contributed by atoms with Crippen LogP contribution in [0.1, 0.15) is 52.9 Å². The number of aliphatic carboxylic acids is 1. The summed E-state index contributed by atoms with van der Waals surface area (Å²) in [5.41, 5.74) is 5.09. The summed E-state index contributed by atoms with van der Waals surface area (Å²) in [5.74, 6) is -2.33. The van der Waals surface area contributed by atoms with Gasteiger partial charge in [0.1, 0.15) is 11.6 Å². The monoisotopic (exact) mass is 271 g/mol. The van der Waals surface area contributed by atoms with Gasteiger partial charge in [-0.05, 0) is 39.5 Å². The molecule has 0 saturated heterocycles. The summed E-state index contributed by atoms with van der Waals surface area (Å²) in [5, 5.41) is 9.10. The van der Waals surface area contributed by atoms with E-state index in [1.807, 2.05) is 0 Å². The van der Waals surface area contributed by atoms with Crippen LogP contribution in [0.25, 0.3) is 0 Å². The summed E-state index contributed by atoms with van der Waals surface area (Å²) < 4.78 is 5.34. The van der Waals surface area contributed by atoms with Crippen LogP contribution in [0.4, 0.5) is 0 Å². The Morgan fingerprint density at radius 2 is 1.74 bits per heavy atom. The predicted octanol–water partition coefficient (Wildman–Crippen LogP) is 1.94. The normalized spacial score (nSPS) is 20.6. The molecule has 0 aromatic rings. The van der Waals surface area contributed by atoms with Gasteiger partial charge < -0.3 is 15.6 Å². The first-order valence-corrected chi connectivity index (χ1v) is 6.93. The lowest BCUT2D eigenvalue weighted by Crippen LogP contribution is -2.48. The highest BCUT2D eigenvalue weighted by Crippen LogP contribution is 2.33. The van der Waals surface area contributed by atoms with E-state index in [1.54, 1.807) is 20.8 Å². The molecule has 0 aliphatic heterocycles. The third-order valence-corrected chi connectivity index (χ3v) is 3.51. The van der Waals surface area contributed by atoms with Gasteiger partial charge in [-0.3, -0.25) is 9.59 Å². The van der Waals surface area contributed by atoms with Gasteiger partial charge in [-0.25, -0.2) is 0 Å². The Labute approximate surface area is 114 Å². The van der Waals surface area contributed by atoms with Crippen LogP contribution < -0.4 is 5.73 Å². The minimum absolute atomic E-state index is 0.0229. The third-order valence-electron chi connectivity index (χ3n) is 3.51. The van der Waals surface area contributed by atoms with Gasteiger partial charge in [0, 0.05) is 0 Å². The Morgan fingerprint density at radius 3 is 2.16 bits per heavy atom. The number of carboxylic acid groups (broad SMARTS) is 1. The Kier molecular flexibility index (Phi) is 5.35. The Balaban J connectivity index is 2.84. The summed E-state index contributed by atoms with van der Waals surface area (Å²) in [6, 6.07) is -1.18. The molecule has 0 amide bonds. The number of esters is 1. The quantitative estimate of drug-likeness (QED) is 0.763. The Bertz CT molecular complexity index is 329. The van der Waals surface area contributed by atoms with Crippen LogP contribution in [0.5, 0.6) is 0 Å². The van der Waals surface area contributed by atoms with E-state index in [2.05, 4.69) is 0 Å². The topological polar surface area (TPSA) is 89.6 Å². The SMILES string of the molecule is CC(C)(C)OC(=O)[C@H](C1CCCCC1)[C@H](N)C(=O)O. The second-order valence-corrected chi connectivity index (χ2v) is 6.32.